The number of aromatic nitrogens is 2. The maximum Gasteiger partial charge on any atom is 0.309 e. The Morgan fingerprint density at radius 2 is 1.71 bits per heavy atom. The Bertz CT molecular complexity index is 2150. The van der Waals surface area contributed by atoms with E-state index in [9.17, 15) is 35.4 Å². The average molecular weight is 846 g/mol. The fourth-order valence-corrected chi connectivity index (χ4v) is 11.0. The summed E-state index contributed by atoms with van der Waals surface area (Å²) in [6.07, 6.45) is 20.3. The first-order valence-corrected chi connectivity index (χ1v) is 23.1. The van der Waals surface area contributed by atoms with Crippen LogP contribution in [0.4, 0.5) is 5.82 Å². The molecule has 62 heavy (non-hydrogen) atoms. The molecule has 10 nitrogen and oxygen atoms in total. The molecule has 0 radical (unpaired) electrons. The van der Waals surface area contributed by atoms with Gasteiger partial charge in [0.25, 0.3) is 0 Å². The van der Waals surface area contributed by atoms with E-state index in [-0.39, 0.29) is 47.7 Å². The lowest BCUT2D eigenvalue weighted by atomic mass is 9.68. The van der Waals surface area contributed by atoms with Gasteiger partial charge in [0.15, 0.2) is 0 Å². The van der Waals surface area contributed by atoms with Crippen molar-refractivity contribution >= 4 is 11.8 Å². The van der Waals surface area contributed by atoms with E-state index in [1.807, 2.05) is 66.7 Å². The second-order valence-corrected chi connectivity index (χ2v) is 18.7. The van der Waals surface area contributed by atoms with Crippen molar-refractivity contribution in [2.75, 3.05) is 5.73 Å². The van der Waals surface area contributed by atoms with Crippen LogP contribution in [0.1, 0.15) is 106 Å². The minimum Gasteiger partial charge on any atom is -0.508 e. The minimum atomic E-state index is -1.22. The lowest BCUT2D eigenvalue weighted by Crippen LogP contribution is -2.48. The van der Waals surface area contributed by atoms with E-state index in [1.165, 1.54) is 25.3 Å². The number of nitrogens with zero attached hydrogens (tertiary/aromatic N) is 1. The topological polar surface area (TPSA) is 193 Å². The third kappa shape index (κ3) is 10.8. The number of nitrogen functional groups attached to an aromatic ring is 1. The van der Waals surface area contributed by atoms with Gasteiger partial charge >= 0.3 is 5.97 Å². The van der Waals surface area contributed by atoms with Gasteiger partial charge in [0.2, 0.25) is 0 Å². The van der Waals surface area contributed by atoms with Crippen LogP contribution in [0.15, 0.2) is 97.2 Å². The Hall–Kier alpha value is -4.90. The van der Waals surface area contributed by atoms with Gasteiger partial charge in [-0.2, -0.15) is 0 Å². The first-order chi connectivity index (χ1) is 29.9. The van der Waals surface area contributed by atoms with Crippen LogP contribution in [0.25, 0.3) is 11.3 Å². The molecule has 2 aromatic heterocycles. The molecule has 9 N–H and O–H groups in total. The number of anilines is 1. The lowest BCUT2D eigenvalue weighted by Gasteiger charge is -2.42. The summed E-state index contributed by atoms with van der Waals surface area (Å²) < 4.78 is 0. The van der Waals surface area contributed by atoms with Crippen LogP contribution in [0.2, 0.25) is 0 Å². The van der Waals surface area contributed by atoms with Gasteiger partial charge in [0.05, 0.1) is 23.7 Å². The lowest BCUT2D eigenvalue weighted by molar-refractivity contribution is -0.148. The molecule has 0 saturated heterocycles. The average Bonchev–Trinajstić information content (AvgIpc) is 3.82. The van der Waals surface area contributed by atoms with Gasteiger partial charge in [-0.1, -0.05) is 100 Å². The van der Waals surface area contributed by atoms with Crippen molar-refractivity contribution in [1.82, 2.24) is 9.97 Å². The number of aliphatic hydroxyl groups is 3. The number of allylic oxidation sites excluding steroid dienone is 1. The van der Waals surface area contributed by atoms with Gasteiger partial charge in [-0.3, -0.25) is 4.79 Å². The Morgan fingerprint density at radius 1 is 0.903 bits per heavy atom. The van der Waals surface area contributed by atoms with Crippen LogP contribution in [0, 0.1) is 41.4 Å². The van der Waals surface area contributed by atoms with Gasteiger partial charge < -0.3 is 41.4 Å². The van der Waals surface area contributed by atoms with Gasteiger partial charge in [-0.05, 0) is 111 Å². The first kappa shape index (κ1) is 45.1. The van der Waals surface area contributed by atoms with Crippen molar-refractivity contribution in [3.8, 4) is 22.8 Å². The first-order valence-electron chi connectivity index (χ1n) is 23.1. The number of carboxylic acids is 1. The molecule has 0 bridgehead atoms. The Balaban J connectivity index is 1.04. The van der Waals surface area contributed by atoms with Crippen LogP contribution >= 0.6 is 0 Å². The van der Waals surface area contributed by atoms with Crippen molar-refractivity contribution in [3.05, 3.63) is 120 Å². The van der Waals surface area contributed by atoms with Crippen molar-refractivity contribution in [3.63, 3.8) is 0 Å². The molecule has 1 saturated carbocycles. The van der Waals surface area contributed by atoms with E-state index in [0.29, 0.717) is 61.4 Å². The predicted molar refractivity (Wildman–Crippen MR) is 243 cm³/mol. The maximum atomic E-state index is 12.9. The standard InChI is InChI=1S/C52H67N3O7/c1-2-3-6-11-34-16-17-36(47(57)26-34)14-9-5-10-15-42(51(60)61)50(59)37-18-20-45-38(24-35-22-23-54-49(53)27-35)28-39(52(45,62)32-37)29-40-19-21-46(55-40)43-30-41(56)31-48(58)44(43)25-33-12-7-4-8-13-33/h4,7-8,12-13,16-23,27,30-31,34,36-39,42,45,47,50,55-59,62H,2-3,5-6,9-11,14-15,24-26,28-29,32H2,1H3,(H2,53,54)(H,60,61)/t34-,36-,37-,38+,39+,42+,45+,47-,50-,52+/m1/s1. The molecule has 0 unspecified atom stereocenters. The number of nitrogens with two attached hydrogens (primary N) is 1. The highest BCUT2D eigenvalue weighted by Gasteiger charge is 2.55. The largest absolute Gasteiger partial charge is 0.508 e. The minimum absolute atomic E-state index is 0.00796. The number of nitrogens with one attached hydrogen (secondary N) is 1. The number of unbranched alkanes of at least 4 members (excludes halogenated alkanes) is 4. The molecule has 2 aromatic carbocycles. The third-order valence-corrected chi connectivity index (χ3v) is 14.4. The summed E-state index contributed by atoms with van der Waals surface area (Å²) in [5, 5.41) is 67.4. The number of aromatic amines is 1. The normalized spacial score (nSPS) is 26.6. The number of H-pyrrole nitrogens is 1. The molecule has 1 fully saturated rings. The number of hydrogen-bond acceptors (Lipinski definition) is 8. The molecule has 0 amide bonds. The van der Waals surface area contributed by atoms with Crippen LogP contribution in [-0.4, -0.2) is 64.4 Å². The fraction of sp³-hybridized carbons (Fsp3) is 0.500. The third-order valence-electron chi connectivity index (χ3n) is 14.4. The van der Waals surface area contributed by atoms with E-state index in [0.717, 1.165) is 54.6 Å². The molecule has 4 aromatic rings. The number of rotatable bonds is 20. The molecule has 3 aliphatic carbocycles. The van der Waals surface area contributed by atoms with E-state index < -0.39 is 29.5 Å². The van der Waals surface area contributed by atoms with Crippen LogP contribution < -0.4 is 5.73 Å². The van der Waals surface area contributed by atoms with Crippen molar-refractivity contribution < 1.29 is 35.4 Å². The van der Waals surface area contributed by atoms with E-state index in [1.54, 1.807) is 12.3 Å². The summed E-state index contributed by atoms with van der Waals surface area (Å²) in [6.45, 7) is 2.20. The molecule has 332 valence electrons. The number of fused-ring (bicyclic) bond motifs is 1. The second kappa shape index (κ2) is 20.5. The number of benzene rings is 2. The Labute approximate surface area is 366 Å². The van der Waals surface area contributed by atoms with E-state index >= 15 is 0 Å². The zero-order valence-electron chi connectivity index (χ0n) is 36.2. The maximum absolute atomic E-state index is 12.9. The highest BCUT2D eigenvalue weighted by molar-refractivity contribution is 5.71. The predicted octanol–water partition coefficient (Wildman–Crippen LogP) is 9.15. The van der Waals surface area contributed by atoms with Crippen molar-refractivity contribution in [2.24, 2.45) is 41.4 Å². The Morgan fingerprint density at radius 3 is 2.47 bits per heavy atom. The summed E-state index contributed by atoms with van der Waals surface area (Å²) in [6, 6.07) is 20.6. The van der Waals surface area contributed by atoms with Gasteiger partial charge in [-0.25, -0.2) is 4.98 Å². The van der Waals surface area contributed by atoms with Crippen LogP contribution in [-0.2, 0) is 24.1 Å². The van der Waals surface area contributed by atoms with Crippen LogP contribution in [0.5, 0.6) is 11.5 Å². The number of aliphatic carboxylic acids is 1. The molecule has 0 aliphatic heterocycles. The summed E-state index contributed by atoms with van der Waals surface area (Å²) in [7, 11) is 0. The number of hydrogen-bond donors (Lipinski definition) is 8. The fourth-order valence-electron chi connectivity index (χ4n) is 11.0. The monoisotopic (exact) mass is 845 g/mol. The summed E-state index contributed by atoms with van der Waals surface area (Å²) >= 11 is 0. The quantitative estimate of drug-likeness (QED) is 0.0316. The van der Waals surface area contributed by atoms with Crippen LogP contribution in [0.3, 0.4) is 0 Å². The number of phenolic OH excluding ortho intramolecular Hbond substituents is 2. The summed E-state index contributed by atoms with van der Waals surface area (Å²) in [5.74, 6) is -1.94. The molecule has 10 atom stereocenters. The number of aliphatic hydroxyl groups excluding tert-OH is 2. The van der Waals surface area contributed by atoms with Gasteiger partial charge in [0.1, 0.15) is 17.3 Å². The summed E-state index contributed by atoms with van der Waals surface area (Å²) in [5.41, 5.74) is 9.89. The SMILES string of the molecule is CCCCC[C@@H]1C=C[C@@H](CCCCC[C@H](C(=O)O)[C@H](O)[C@@H]2C=C[C@H]3[C@@H](Cc4ccnc(N)c4)C[C@@H](Cc4ccc(-c5cc(O)cc(O)c5Cc5ccccc5)[nH]4)[C@@]3(O)C2)[C@H](O)C1. The van der Waals surface area contributed by atoms with Crippen molar-refractivity contribution in [2.45, 2.75) is 121 Å². The molecule has 10 heteroatoms. The molecule has 0 spiro atoms. The summed E-state index contributed by atoms with van der Waals surface area (Å²) in [4.78, 5) is 20.4. The highest BCUT2D eigenvalue weighted by atomic mass is 16.4. The van der Waals surface area contributed by atoms with E-state index in [2.05, 4.69) is 29.0 Å². The highest BCUT2D eigenvalue weighted by Crippen LogP contribution is 2.54. The molecular weight excluding hydrogens is 779 g/mol. The number of phenols is 2. The smallest absolute Gasteiger partial charge is 0.309 e. The zero-order chi connectivity index (χ0) is 43.8. The van der Waals surface area contributed by atoms with Crippen molar-refractivity contribution in [1.29, 1.82) is 0 Å². The number of carbonyl (C=O) groups is 1. The second-order valence-electron chi connectivity index (χ2n) is 18.7. The zero-order valence-corrected chi connectivity index (χ0v) is 36.2. The number of carboxylic acid groups (broad SMARTS) is 1. The van der Waals surface area contributed by atoms with Gasteiger partial charge in [-0.15, -0.1) is 0 Å². The molecule has 3 aliphatic rings. The molecule has 7 rings (SSSR count). The molecule has 2 heterocycles. The molecular formula is C52H67N3O7. The number of pyridine rings is 1. The van der Waals surface area contributed by atoms with E-state index in [4.69, 9.17) is 5.73 Å². The van der Waals surface area contributed by atoms with Gasteiger partial charge in [0, 0.05) is 59.0 Å². The number of aromatic hydroxyl groups is 2. The Kier molecular flexibility index (Phi) is 14.9.